The molecule has 78 valence electrons. The second kappa shape index (κ2) is 3.38. The molecule has 1 aromatic heterocycles. The molecule has 1 saturated carbocycles. The Hall–Kier alpha value is 0.240. The van der Waals surface area contributed by atoms with Gasteiger partial charge in [-0.2, -0.15) is 0 Å². The van der Waals surface area contributed by atoms with E-state index in [1.165, 1.54) is 11.3 Å². The van der Waals surface area contributed by atoms with Gasteiger partial charge in [-0.1, -0.05) is 37.0 Å². The van der Waals surface area contributed by atoms with Crippen molar-refractivity contribution in [1.29, 1.82) is 0 Å². The van der Waals surface area contributed by atoms with E-state index in [1.54, 1.807) is 6.07 Å². The third-order valence-corrected chi connectivity index (χ3v) is 4.49. The maximum atomic E-state index is 10.1. The standard InChI is InChI=1S/C10H12Cl2OS/c1-10(2)4-6(10)8(13)5-3-7(11)14-9(5)12/h3,6,8,13H,4H2,1-2H3. The molecule has 1 nitrogen and oxygen atoms in total. The predicted molar refractivity (Wildman–Crippen MR) is 61.2 cm³/mol. The van der Waals surface area contributed by atoms with Crippen molar-refractivity contribution in [2.45, 2.75) is 26.4 Å². The Balaban J connectivity index is 2.20. The van der Waals surface area contributed by atoms with Gasteiger partial charge in [-0.05, 0) is 23.8 Å². The maximum Gasteiger partial charge on any atom is 0.100 e. The van der Waals surface area contributed by atoms with Crippen LogP contribution in [-0.2, 0) is 0 Å². The molecule has 1 N–H and O–H groups in total. The van der Waals surface area contributed by atoms with Crippen LogP contribution in [-0.4, -0.2) is 5.11 Å². The van der Waals surface area contributed by atoms with E-state index in [0.717, 1.165) is 12.0 Å². The fraction of sp³-hybridized carbons (Fsp3) is 0.600. The molecule has 2 unspecified atom stereocenters. The van der Waals surface area contributed by atoms with Crippen molar-refractivity contribution in [3.63, 3.8) is 0 Å². The van der Waals surface area contributed by atoms with Crippen molar-refractivity contribution in [2.75, 3.05) is 0 Å². The SMILES string of the molecule is CC1(C)CC1C(O)c1cc(Cl)sc1Cl. The minimum Gasteiger partial charge on any atom is -0.388 e. The van der Waals surface area contributed by atoms with Gasteiger partial charge in [0.2, 0.25) is 0 Å². The Bertz CT molecular complexity index is 359. The molecule has 0 aromatic carbocycles. The van der Waals surface area contributed by atoms with E-state index in [1.807, 2.05) is 0 Å². The smallest absolute Gasteiger partial charge is 0.100 e. The van der Waals surface area contributed by atoms with Crippen LogP contribution >= 0.6 is 34.5 Å². The molecule has 0 bridgehead atoms. The molecule has 2 rings (SSSR count). The highest BCUT2D eigenvalue weighted by molar-refractivity contribution is 7.20. The Kier molecular flexibility index (Phi) is 2.59. The van der Waals surface area contributed by atoms with Crippen molar-refractivity contribution < 1.29 is 5.11 Å². The topological polar surface area (TPSA) is 20.2 Å². The zero-order valence-electron chi connectivity index (χ0n) is 8.05. The monoisotopic (exact) mass is 250 g/mol. The van der Waals surface area contributed by atoms with Crippen LogP contribution in [0, 0.1) is 11.3 Å². The van der Waals surface area contributed by atoms with Gasteiger partial charge in [0.25, 0.3) is 0 Å². The van der Waals surface area contributed by atoms with Gasteiger partial charge in [-0.15, -0.1) is 11.3 Å². The number of hydrogen-bond acceptors (Lipinski definition) is 2. The summed E-state index contributed by atoms with van der Waals surface area (Å²) in [6.45, 7) is 4.31. The predicted octanol–water partition coefficient (Wildman–Crippen LogP) is 4.13. The van der Waals surface area contributed by atoms with Gasteiger partial charge in [-0.25, -0.2) is 0 Å². The van der Waals surface area contributed by atoms with Crippen molar-refractivity contribution in [3.05, 3.63) is 20.3 Å². The Morgan fingerprint density at radius 2 is 2.14 bits per heavy atom. The van der Waals surface area contributed by atoms with Gasteiger partial charge in [0.1, 0.15) is 4.34 Å². The van der Waals surface area contributed by atoms with Crippen molar-refractivity contribution >= 4 is 34.5 Å². The van der Waals surface area contributed by atoms with Gasteiger partial charge < -0.3 is 5.11 Å². The summed E-state index contributed by atoms with van der Waals surface area (Å²) in [5.41, 5.74) is 1.04. The molecule has 0 radical (unpaired) electrons. The molecule has 1 aliphatic carbocycles. The number of rotatable bonds is 2. The minimum absolute atomic E-state index is 0.247. The summed E-state index contributed by atoms with van der Waals surface area (Å²) in [4.78, 5) is 0. The lowest BCUT2D eigenvalue weighted by molar-refractivity contribution is 0.139. The van der Waals surface area contributed by atoms with Gasteiger partial charge in [0.15, 0.2) is 0 Å². The van der Waals surface area contributed by atoms with Gasteiger partial charge in [0.05, 0.1) is 10.4 Å². The minimum atomic E-state index is -0.457. The number of thiophene rings is 1. The number of aliphatic hydroxyl groups excluding tert-OH is 1. The first-order chi connectivity index (χ1) is 6.42. The lowest BCUT2D eigenvalue weighted by Crippen LogP contribution is -2.03. The van der Waals surface area contributed by atoms with Crippen LogP contribution in [0.4, 0.5) is 0 Å². The molecule has 14 heavy (non-hydrogen) atoms. The highest BCUT2D eigenvalue weighted by Crippen LogP contribution is 2.58. The van der Waals surface area contributed by atoms with Crippen molar-refractivity contribution in [3.8, 4) is 0 Å². The second-order valence-corrected chi connectivity index (χ2v) is 6.81. The molecule has 0 spiro atoms. The zero-order chi connectivity index (χ0) is 10.5. The van der Waals surface area contributed by atoms with E-state index in [2.05, 4.69) is 13.8 Å². The second-order valence-electron chi connectivity index (χ2n) is 4.52. The molecular weight excluding hydrogens is 239 g/mol. The van der Waals surface area contributed by atoms with E-state index in [9.17, 15) is 5.11 Å². The molecule has 1 fully saturated rings. The molecule has 4 heteroatoms. The summed E-state index contributed by atoms with van der Waals surface area (Å²) >= 11 is 13.1. The number of halogens is 2. The molecule has 0 saturated heterocycles. The maximum absolute atomic E-state index is 10.1. The molecule has 1 aliphatic rings. The highest BCUT2D eigenvalue weighted by Gasteiger charge is 2.50. The quantitative estimate of drug-likeness (QED) is 0.837. The van der Waals surface area contributed by atoms with Gasteiger partial charge >= 0.3 is 0 Å². The Labute approximate surface area is 97.7 Å². The zero-order valence-corrected chi connectivity index (χ0v) is 10.4. The summed E-state index contributed by atoms with van der Waals surface area (Å²) in [7, 11) is 0. The van der Waals surface area contributed by atoms with E-state index in [-0.39, 0.29) is 5.41 Å². The molecule has 0 aliphatic heterocycles. The first-order valence-corrected chi connectivity index (χ1v) is 6.12. The van der Waals surface area contributed by atoms with Crippen LogP contribution in [0.2, 0.25) is 8.67 Å². The van der Waals surface area contributed by atoms with Crippen LogP contribution in [0.15, 0.2) is 6.07 Å². The third-order valence-electron chi connectivity index (χ3n) is 2.97. The van der Waals surface area contributed by atoms with Crippen LogP contribution in [0.5, 0.6) is 0 Å². The van der Waals surface area contributed by atoms with E-state index >= 15 is 0 Å². The van der Waals surface area contributed by atoms with E-state index < -0.39 is 6.10 Å². The number of aliphatic hydroxyl groups is 1. The Morgan fingerprint density at radius 3 is 2.50 bits per heavy atom. The van der Waals surface area contributed by atoms with Crippen LogP contribution in [0.25, 0.3) is 0 Å². The lowest BCUT2D eigenvalue weighted by atomic mass is 10.0. The normalized spacial score (nSPS) is 26.2. The van der Waals surface area contributed by atoms with Gasteiger partial charge in [0, 0.05) is 5.56 Å². The first kappa shape index (κ1) is 10.7. The molecule has 0 amide bonds. The summed E-state index contributed by atoms with van der Waals surface area (Å²) in [6, 6.07) is 1.77. The van der Waals surface area contributed by atoms with Gasteiger partial charge in [-0.3, -0.25) is 0 Å². The molecular formula is C10H12Cl2OS. The van der Waals surface area contributed by atoms with E-state index in [4.69, 9.17) is 23.2 Å². The molecule has 1 heterocycles. The summed E-state index contributed by atoms with van der Waals surface area (Å²) < 4.78 is 1.26. The highest BCUT2D eigenvalue weighted by atomic mass is 35.5. The largest absolute Gasteiger partial charge is 0.388 e. The Morgan fingerprint density at radius 1 is 1.57 bits per heavy atom. The average Bonchev–Trinajstić information content (AvgIpc) is 2.55. The van der Waals surface area contributed by atoms with E-state index in [0.29, 0.717) is 14.6 Å². The number of hydrogen-bond donors (Lipinski definition) is 1. The van der Waals surface area contributed by atoms with Crippen LogP contribution < -0.4 is 0 Å². The third kappa shape index (κ3) is 1.81. The first-order valence-electron chi connectivity index (χ1n) is 4.54. The fourth-order valence-corrected chi connectivity index (χ4v) is 3.36. The van der Waals surface area contributed by atoms with Crippen molar-refractivity contribution in [1.82, 2.24) is 0 Å². The average molecular weight is 251 g/mol. The summed E-state index contributed by atoms with van der Waals surface area (Å²) in [5.74, 6) is 0.325. The molecule has 1 aromatic rings. The summed E-state index contributed by atoms with van der Waals surface area (Å²) in [6.07, 6.45) is 0.596. The van der Waals surface area contributed by atoms with Crippen molar-refractivity contribution in [2.24, 2.45) is 11.3 Å². The summed E-state index contributed by atoms with van der Waals surface area (Å²) in [5, 5.41) is 10.1. The lowest BCUT2D eigenvalue weighted by Gasteiger charge is -2.11. The molecule has 2 atom stereocenters. The van der Waals surface area contributed by atoms with Crippen LogP contribution in [0.1, 0.15) is 31.9 Å². The fourth-order valence-electron chi connectivity index (χ4n) is 1.82. The van der Waals surface area contributed by atoms with Crippen LogP contribution in [0.3, 0.4) is 0 Å².